The molecule has 0 amide bonds. The fourth-order valence-electron chi connectivity index (χ4n) is 3.34. The summed E-state index contributed by atoms with van der Waals surface area (Å²) in [5.41, 5.74) is 2.32. The smallest absolute Gasteiger partial charge is 0.262 e. The van der Waals surface area contributed by atoms with Gasteiger partial charge < -0.3 is 10.1 Å². The Morgan fingerprint density at radius 2 is 2.08 bits per heavy atom. The molecule has 7 heteroatoms. The Hall–Kier alpha value is -3.22. The normalized spacial score (nSPS) is 13.5. The molecule has 1 aliphatic carbocycles. The third-order valence-corrected chi connectivity index (χ3v) is 4.61. The number of nitrogens with zero attached hydrogens (tertiary/aromatic N) is 2. The lowest BCUT2D eigenvalue weighted by Gasteiger charge is -2.16. The summed E-state index contributed by atoms with van der Waals surface area (Å²) in [5, 5.41) is 3.52. The molecule has 3 aromatic rings. The molecule has 0 fully saturated rings. The van der Waals surface area contributed by atoms with E-state index < -0.39 is 0 Å². The zero-order valence-electron chi connectivity index (χ0n) is 14.3. The van der Waals surface area contributed by atoms with Gasteiger partial charge in [-0.25, -0.2) is 4.98 Å². The van der Waals surface area contributed by atoms with Crippen molar-refractivity contribution >= 4 is 22.8 Å². The maximum atomic E-state index is 12.6. The number of hydrogen-bond acceptors (Lipinski definition) is 6. The molecule has 0 spiro atoms. The van der Waals surface area contributed by atoms with E-state index in [9.17, 15) is 9.59 Å². The van der Waals surface area contributed by atoms with Gasteiger partial charge in [-0.15, -0.1) is 0 Å². The maximum absolute atomic E-state index is 12.6. The summed E-state index contributed by atoms with van der Waals surface area (Å²) in [6.45, 7) is 0.446. The van der Waals surface area contributed by atoms with E-state index in [4.69, 9.17) is 4.74 Å². The number of ketones is 1. The van der Waals surface area contributed by atoms with E-state index in [1.165, 1.54) is 6.20 Å². The summed E-state index contributed by atoms with van der Waals surface area (Å²) in [6.07, 6.45) is 3.48. The van der Waals surface area contributed by atoms with Crippen molar-refractivity contribution in [2.75, 3.05) is 12.4 Å². The highest BCUT2D eigenvalue weighted by Crippen LogP contribution is 2.25. The molecule has 0 radical (unpaired) electrons. The number of aromatic amines is 1. The number of carbonyl (C=O) groups is 1. The molecule has 26 heavy (non-hydrogen) atoms. The summed E-state index contributed by atoms with van der Waals surface area (Å²) in [6, 6.07) is 7.62. The molecule has 2 N–H and O–H groups in total. The molecule has 4 rings (SSSR count). The predicted octanol–water partition coefficient (Wildman–Crippen LogP) is 2.46. The van der Waals surface area contributed by atoms with Gasteiger partial charge in [0.25, 0.3) is 5.56 Å². The lowest BCUT2D eigenvalue weighted by molar-refractivity contribution is 0.0972. The summed E-state index contributed by atoms with van der Waals surface area (Å²) in [4.78, 5) is 36.0. The standard InChI is InChI=1S/C19H18N4O3/c1-26-15-8-3-2-5-11(15)9-21-19-22-17-16(18(25)23-19)12-6-4-7-14(24)13(12)10-20-17/h2-3,5,8,10H,4,6-7,9H2,1H3,(H2,20,21,22,23,25). The van der Waals surface area contributed by atoms with Gasteiger partial charge in [0.2, 0.25) is 5.95 Å². The molecule has 0 saturated carbocycles. The number of aryl methyl sites for hydroxylation is 1. The molecular weight excluding hydrogens is 332 g/mol. The summed E-state index contributed by atoms with van der Waals surface area (Å²) < 4.78 is 5.32. The van der Waals surface area contributed by atoms with Crippen molar-refractivity contribution in [3.8, 4) is 5.75 Å². The second-order valence-corrected chi connectivity index (χ2v) is 6.21. The molecule has 2 heterocycles. The third kappa shape index (κ3) is 2.81. The van der Waals surface area contributed by atoms with Crippen LogP contribution in [0.5, 0.6) is 5.75 Å². The van der Waals surface area contributed by atoms with E-state index in [1.807, 2.05) is 24.3 Å². The second-order valence-electron chi connectivity index (χ2n) is 6.21. The molecule has 7 nitrogen and oxygen atoms in total. The number of nitrogens with one attached hydrogen (secondary N) is 2. The number of ether oxygens (including phenoxy) is 1. The van der Waals surface area contributed by atoms with Gasteiger partial charge in [-0.2, -0.15) is 4.98 Å². The van der Waals surface area contributed by atoms with Crippen LogP contribution in [0.2, 0.25) is 0 Å². The Morgan fingerprint density at radius 1 is 1.23 bits per heavy atom. The van der Waals surface area contributed by atoms with Crippen LogP contribution in [0.3, 0.4) is 0 Å². The van der Waals surface area contributed by atoms with Crippen LogP contribution in [0.1, 0.15) is 34.3 Å². The Bertz CT molecular complexity index is 1060. The number of para-hydroxylation sites is 1. The maximum Gasteiger partial charge on any atom is 0.262 e. The van der Waals surface area contributed by atoms with Crippen LogP contribution in [0.15, 0.2) is 35.3 Å². The van der Waals surface area contributed by atoms with Gasteiger partial charge in [-0.05, 0) is 24.5 Å². The zero-order chi connectivity index (χ0) is 18.1. The highest BCUT2D eigenvalue weighted by atomic mass is 16.5. The van der Waals surface area contributed by atoms with Crippen LogP contribution in [0.4, 0.5) is 5.95 Å². The van der Waals surface area contributed by atoms with Crippen molar-refractivity contribution < 1.29 is 9.53 Å². The van der Waals surface area contributed by atoms with Gasteiger partial charge >= 0.3 is 0 Å². The second kappa shape index (κ2) is 6.59. The number of fused-ring (bicyclic) bond motifs is 3. The van der Waals surface area contributed by atoms with Gasteiger partial charge in [-0.1, -0.05) is 18.2 Å². The average molecular weight is 350 g/mol. The quantitative estimate of drug-likeness (QED) is 0.750. The fourth-order valence-corrected chi connectivity index (χ4v) is 3.34. The van der Waals surface area contributed by atoms with Gasteiger partial charge in [0.15, 0.2) is 11.4 Å². The number of Topliss-reactive ketones (excluding diaryl/α,β-unsaturated/α-hetero) is 1. The molecule has 1 aliphatic rings. The number of carbonyl (C=O) groups excluding carboxylic acids is 1. The summed E-state index contributed by atoms with van der Waals surface area (Å²) in [7, 11) is 1.61. The van der Waals surface area contributed by atoms with Crippen LogP contribution in [0, 0.1) is 0 Å². The molecule has 0 aliphatic heterocycles. The number of H-pyrrole nitrogens is 1. The van der Waals surface area contributed by atoms with Crippen LogP contribution in [-0.2, 0) is 13.0 Å². The Kier molecular flexibility index (Phi) is 4.12. The van der Waals surface area contributed by atoms with Crippen LogP contribution in [-0.4, -0.2) is 27.8 Å². The van der Waals surface area contributed by atoms with Gasteiger partial charge in [0.05, 0.1) is 12.5 Å². The monoisotopic (exact) mass is 350 g/mol. The van der Waals surface area contributed by atoms with E-state index in [2.05, 4.69) is 20.3 Å². The number of methoxy groups -OCH3 is 1. The van der Waals surface area contributed by atoms with Crippen LogP contribution < -0.4 is 15.6 Å². The van der Waals surface area contributed by atoms with Gasteiger partial charge in [0, 0.05) is 30.3 Å². The summed E-state index contributed by atoms with van der Waals surface area (Å²) in [5.74, 6) is 1.13. The van der Waals surface area contributed by atoms with Crippen molar-refractivity contribution in [1.82, 2.24) is 15.0 Å². The van der Waals surface area contributed by atoms with Crippen molar-refractivity contribution in [2.45, 2.75) is 25.8 Å². The minimum atomic E-state index is -0.281. The SMILES string of the molecule is COc1ccccc1CNc1nc2ncc3c(c2c(=O)[nH]1)CCCC3=O. The van der Waals surface area contributed by atoms with Crippen LogP contribution >= 0.6 is 0 Å². The first-order valence-electron chi connectivity index (χ1n) is 8.48. The number of rotatable bonds is 4. The lowest BCUT2D eigenvalue weighted by Crippen LogP contribution is -2.19. The van der Waals surface area contributed by atoms with E-state index in [0.717, 1.165) is 23.3 Å². The topological polar surface area (TPSA) is 97.0 Å². The first-order valence-corrected chi connectivity index (χ1v) is 8.48. The third-order valence-electron chi connectivity index (χ3n) is 4.61. The van der Waals surface area contributed by atoms with Crippen LogP contribution in [0.25, 0.3) is 11.0 Å². The number of pyridine rings is 1. The van der Waals surface area contributed by atoms with E-state index in [1.54, 1.807) is 7.11 Å². The Labute approximate surface area is 149 Å². The largest absolute Gasteiger partial charge is 0.496 e. The first-order chi connectivity index (χ1) is 12.7. The molecule has 0 bridgehead atoms. The molecule has 0 atom stereocenters. The molecule has 0 unspecified atom stereocenters. The van der Waals surface area contributed by atoms with Crippen molar-refractivity contribution in [1.29, 1.82) is 0 Å². The Balaban J connectivity index is 1.69. The minimum Gasteiger partial charge on any atom is -0.496 e. The highest BCUT2D eigenvalue weighted by molar-refractivity contribution is 6.01. The highest BCUT2D eigenvalue weighted by Gasteiger charge is 2.22. The van der Waals surface area contributed by atoms with E-state index >= 15 is 0 Å². The van der Waals surface area contributed by atoms with Gasteiger partial charge in [-0.3, -0.25) is 14.6 Å². The molecule has 1 aromatic carbocycles. The molecule has 2 aromatic heterocycles. The molecule has 132 valence electrons. The van der Waals surface area contributed by atoms with E-state index in [0.29, 0.717) is 41.9 Å². The minimum absolute atomic E-state index is 0.0402. The molecular formula is C19H18N4O3. The molecule has 0 saturated heterocycles. The fraction of sp³-hybridized carbons (Fsp3) is 0.263. The first kappa shape index (κ1) is 16.3. The van der Waals surface area contributed by atoms with Gasteiger partial charge in [0.1, 0.15) is 5.75 Å². The Morgan fingerprint density at radius 3 is 2.92 bits per heavy atom. The zero-order valence-corrected chi connectivity index (χ0v) is 14.3. The number of benzene rings is 1. The van der Waals surface area contributed by atoms with E-state index in [-0.39, 0.29) is 11.3 Å². The number of hydrogen-bond donors (Lipinski definition) is 2. The number of anilines is 1. The van der Waals surface area contributed by atoms with Crippen molar-refractivity contribution in [3.05, 3.63) is 57.5 Å². The number of aromatic nitrogens is 3. The average Bonchev–Trinajstić information content (AvgIpc) is 2.66. The predicted molar refractivity (Wildman–Crippen MR) is 97.7 cm³/mol. The van der Waals surface area contributed by atoms with Crippen molar-refractivity contribution in [3.63, 3.8) is 0 Å². The van der Waals surface area contributed by atoms with Crippen molar-refractivity contribution in [2.24, 2.45) is 0 Å². The summed E-state index contributed by atoms with van der Waals surface area (Å²) >= 11 is 0. The lowest BCUT2D eigenvalue weighted by atomic mass is 9.90.